The fourth-order valence-corrected chi connectivity index (χ4v) is 3.55. The van der Waals surface area contributed by atoms with E-state index in [0.717, 1.165) is 42.5 Å². The first-order valence-electron chi connectivity index (χ1n) is 9.67. The summed E-state index contributed by atoms with van der Waals surface area (Å²) in [6.07, 6.45) is 4.07. The summed E-state index contributed by atoms with van der Waals surface area (Å²) in [7, 11) is 0. The number of benzene rings is 2. The predicted octanol–water partition coefficient (Wildman–Crippen LogP) is 4.39. The molecule has 1 saturated carbocycles. The second-order valence-corrected chi connectivity index (χ2v) is 7.24. The molecule has 4 nitrogen and oxygen atoms in total. The summed E-state index contributed by atoms with van der Waals surface area (Å²) >= 11 is 0. The molecule has 1 aromatic heterocycles. The van der Waals surface area contributed by atoms with Crippen molar-refractivity contribution < 1.29 is 9.18 Å². The van der Waals surface area contributed by atoms with E-state index in [2.05, 4.69) is 12.2 Å². The molecular weight excluding hydrogens is 341 g/mol. The van der Waals surface area contributed by atoms with Gasteiger partial charge >= 0.3 is 0 Å². The highest BCUT2D eigenvalue weighted by atomic mass is 19.1. The molecule has 140 valence electrons. The molecule has 0 aliphatic heterocycles. The van der Waals surface area contributed by atoms with E-state index < -0.39 is 0 Å². The molecule has 1 aliphatic carbocycles. The summed E-state index contributed by atoms with van der Waals surface area (Å²) in [5.74, 6) is 0.522. The molecule has 3 aromatic rings. The first-order chi connectivity index (χ1) is 13.2. The number of fused-ring (bicyclic) bond motifs is 1. The van der Waals surface area contributed by atoms with E-state index >= 15 is 0 Å². The number of carbonyl (C=O) groups excluding carboxylic acids is 1. The molecule has 1 aliphatic rings. The lowest BCUT2D eigenvalue weighted by Gasteiger charge is -2.21. The summed E-state index contributed by atoms with van der Waals surface area (Å²) in [6, 6.07) is 14.6. The van der Waals surface area contributed by atoms with Gasteiger partial charge in [0.2, 0.25) is 5.91 Å². The monoisotopic (exact) mass is 365 g/mol. The lowest BCUT2D eigenvalue weighted by Crippen LogP contribution is -2.34. The Kier molecular flexibility index (Phi) is 4.92. The summed E-state index contributed by atoms with van der Waals surface area (Å²) < 4.78 is 16.3. The maximum Gasteiger partial charge on any atom is 0.243 e. The highest BCUT2D eigenvalue weighted by Gasteiger charge is 2.30. The summed E-state index contributed by atoms with van der Waals surface area (Å²) in [5.41, 5.74) is 2.35. The van der Waals surface area contributed by atoms with Crippen LogP contribution in [0.15, 0.2) is 48.5 Å². The Morgan fingerprint density at radius 3 is 2.70 bits per heavy atom. The van der Waals surface area contributed by atoms with E-state index in [1.54, 1.807) is 12.1 Å². The first-order valence-corrected chi connectivity index (χ1v) is 9.67. The van der Waals surface area contributed by atoms with Crippen molar-refractivity contribution in [2.24, 2.45) is 0 Å². The standard InChI is InChI=1S/C22H24FN3O/c1-2-7-20(22(27)24-16-12-13-16)26-19-11-6-5-10-18(19)25-21(26)14-15-8-3-4-9-17(15)23/h3-6,8-11,16,20H,2,7,12-14H2,1H3,(H,24,27). The van der Waals surface area contributed by atoms with Gasteiger partial charge in [-0.05, 0) is 43.0 Å². The van der Waals surface area contributed by atoms with Crippen LogP contribution in [0, 0.1) is 5.82 Å². The van der Waals surface area contributed by atoms with Gasteiger partial charge in [-0.15, -0.1) is 0 Å². The van der Waals surface area contributed by atoms with Gasteiger partial charge in [0.15, 0.2) is 0 Å². The fraction of sp³-hybridized carbons (Fsp3) is 0.364. The Morgan fingerprint density at radius 1 is 1.22 bits per heavy atom. The molecule has 1 atom stereocenters. The largest absolute Gasteiger partial charge is 0.352 e. The third-order valence-corrected chi connectivity index (χ3v) is 5.08. The number of amides is 1. The number of halogens is 1. The van der Waals surface area contributed by atoms with Crippen molar-refractivity contribution in [3.05, 3.63) is 65.7 Å². The predicted molar refractivity (Wildman–Crippen MR) is 104 cm³/mol. The van der Waals surface area contributed by atoms with Gasteiger partial charge < -0.3 is 9.88 Å². The van der Waals surface area contributed by atoms with Crippen LogP contribution < -0.4 is 5.32 Å². The van der Waals surface area contributed by atoms with Crippen molar-refractivity contribution in [2.75, 3.05) is 0 Å². The molecule has 1 fully saturated rings. The van der Waals surface area contributed by atoms with Gasteiger partial charge in [0.1, 0.15) is 17.7 Å². The van der Waals surface area contributed by atoms with Gasteiger partial charge in [-0.25, -0.2) is 9.37 Å². The first kappa shape index (κ1) is 17.7. The molecule has 0 spiro atoms. The van der Waals surface area contributed by atoms with Crippen LogP contribution in [-0.4, -0.2) is 21.5 Å². The second kappa shape index (κ2) is 7.51. The molecule has 1 heterocycles. The molecule has 0 saturated heterocycles. The smallest absolute Gasteiger partial charge is 0.243 e. The molecule has 1 N–H and O–H groups in total. The van der Waals surface area contributed by atoms with Gasteiger partial charge in [0, 0.05) is 12.5 Å². The minimum absolute atomic E-state index is 0.0392. The van der Waals surface area contributed by atoms with Crippen LogP contribution in [-0.2, 0) is 11.2 Å². The third-order valence-electron chi connectivity index (χ3n) is 5.08. The molecular formula is C22H24FN3O. The van der Waals surface area contributed by atoms with Gasteiger partial charge in [0.05, 0.1) is 11.0 Å². The number of nitrogens with zero attached hydrogens (tertiary/aromatic N) is 2. The number of para-hydroxylation sites is 2. The van der Waals surface area contributed by atoms with E-state index in [9.17, 15) is 9.18 Å². The van der Waals surface area contributed by atoms with Gasteiger partial charge in [0.25, 0.3) is 0 Å². The molecule has 27 heavy (non-hydrogen) atoms. The number of nitrogens with one attached hydrogen (secondary N) is 1. The van der Waals surface area contributed by atoms with Gasteiger partial charge in [-0.2, -0.15) is 0 Å². The van der Waals surface area contributed by atoms with E-state index in [-0.39, 0.29) is 17.8 Å². The van der Waals surface area contributed by atoms with Crippen LogP contribution >= 0.6 is 0 Å². The number of carbonyl (C=O) groups is 1. The Bertz CT molecular complexity index is 961. The van der Waals surface area contributed by atoms with Crippen LogP contribution in [0.4, 0.5) is 4.39 Å². The van der Waals surface area contributed by atoms with Crippen LogP contribution in [0.5, 0.6) is 0 Å². The third kappa shape index (κ3) is 3.72. The molecule has 0 bridgehead atoms. The van der Waals surface area contributed by atoms with E-state index in [4.69, 9.17) is 4.98 Å². The van der Waals surface area contributed by atoms with E-state index in [1.165, 1.54) is 6.07 Å². The zero-order valence-electron chi connectivity index (χ0n) is 15.5. The van der Waals surface area contributed by atoms with Crippen LogP contribution in [0.2, 0.25) is 0 Å². The zero-order chi connectivity index (χ0) is 18.8. The minimum Gasteiger partial charge on any atom is -0.352 e. The molecule has 1 unspecified atom stereocenters. The Balaban J connectivity index is 1.78. The Hall–Kier alpha value is -2.69. The molecule has 5 heteroatoms. The zero-order valence-corrected chi connectivity index (χ0v) is 15.5. The van der Waals surface area contributed by atoms with Gasteiger partial charge in [-0.1, -0.05) is 43.7 Å². The Labute approximate surface area is 158 Å². The van der Waals surface area contributed by atoms with Crippen molar-refractivity contribution >= 4 is 16.9 Å². The van der Waals surface area contributed by atoms with Crippen molar-refractivity contribution in [1.82, 2.24) is 14.9 Å². The number of rotatable bonds is 7. The average Bonchev–Trinajstić information content (AvgIpc) is 3.41. The van der Waals surface area contributed by atoms with Crippen LogP contribution in [0.3, 0.4) is 0 Å². The normalized spacial score (nSPS) is 15.0. The summed E-state index contributed by atoms with van der Waals surface area (Å²) in [6.45, 7) is 2.08. The lowest BCUT2D eigenvalue weighted by molar-refractivity contribution is -0.124. The number of hydrogen-bond acceptors (Lipinski definition) is 2. The summed E-state index contributed by atoms with van der Waals surface area (Å²) in [5, 5.41) is 3.13. The average molecular weight is 365 g/mol. The molecule has 2 aromatic carbocycles. The van der Waals surface area contributed by atoms with Crippen molar-refractivity contribution in [3.63, 3.8) is 0 Å². The molecule has 0 radical (unpaired) electrons. The lowest BCUT2D eigenvalue weighted by atomic mass is 10.1. The number of hydrogen-bond donors (Lipinski definition) is 1. The molecule has 1 amide bonds. The number of aromatic nitrogens is 2. The van der Waals surface area contributed by atoms with Gasteiger partial charge in [-0.3, -0.25) is 4.79 Å². The SMILES string of the molecule is CCCC(C(=O)NC1CC1)n1c(Cc2ccccc2F)nc2ccccc21. The fourth-order valence-electron chi connectivity index (χ4n) is 3.55. The topological polar surface area (TPSA) is 46.9 Å². The van der Waals surface area contributed by atoms with Crippen molar-refractivity contribution in [3.8, 4) is 0 Å². The van der Waals surface area contributed by atoms with Crippen molar-refractivity contribution in [1.29, 1.82) is 0 Å². The minimum atomic E-state index is -0.329. The van der Waals surface area contributed by atoms with E-state index in [1.807, 2.05) is 34.9 Å². The van der Waals surface area contributed by atoms with Crippen molar-refractivity contribution in [2.45, 2.75) is 51.1 Å². The Morgan fingerprint density at radius 2 is 1.96 bits per heavy atom. The second-order valence-electron chi connectivity index (χ2n) is 7.24. The summed E-state index contributed by atoms with van der Waals surface area (Å²) in [4.78, 5) is 17.7. The number of imidazole rings is 1. The maximum absolute atomic E-state index is 14.2. The highest BCUT2D eigenvalue weighted by molar-refractivity contribution is 5.84. The van der Waals surface area contributed by atoms with Crippen LogP contribution in [0.25, 0.3) is 11.0 Å². The van der Waals surface area contributed by atoms with Crippen LogP contribution in [0.1, 0.15) is 50.0 Å². The quantitative estimate of drug-likeness (QED) is 0.675. The maximum atomic E-state index is 14.2. The highest BCUT2D eigenvalue weighted by Crippen LogP contribution is 2.28. The van der Waals surface area contributed by atoms with E-state index in [0.29, 0.717) is 18.0 Å². The molecule has 4 rings (SSSR count).